The van der Waals surface area contributed by atoms with Gasteiger partial charge in [-0.15, -0.1) is 0 Å². The number of hydrogen-bond acceptors (Lipinski definition) is 4. The van der Waals surface area contributed by atoms with E-state index in [0.29, 0.717) is 24.7 Å². The molecule has 1 saturated heterocycles. The van der Waals surface area contributed by atoms with Gasteiger partial charge >= 0.3 is 6.09 Å². The molecule has 1 amide bonds. The van der Waals surface area contributed by atoms with Crippen LogP contribution in [0.1, 0.15) is 12.5 Å². The summed E-state index contributed by atoms with van der Waals surface area (Å²) < 4.78 is 4.99. The summed E-state index contributed by atoms with van der Waals surface area (Å²) in [5, 5.41) is 9.76. The molecule has 20 heavy (non-hydrogen) atoms. The molecule has 0 aliphatic carbocycles. The lowest BCUT2D eigenvalue weighted by atomic mass is 10.2. The van der Waals surface area contributed by atoms with Gasteiger partial charge in [-0.1, -0.05) is 17.7 Å². The monoisotopic (exact) mass is 298 g/mol. The van der Waals surface area contributed by atoms with Gasteiger partial charge < -0.3 is 14.7 Å². The van der Waals surface area contributed by atoms with Crippen molar-refractivity contribution in [2.75, 3.05) is 32.8 Å². The highest BCUT2D eigenvalue weighted by Crippen LogP contribution is 2.24. The van der Waals surface area contributed by atoms with Crippen molar-refractivity contribution < 1.29 is 14.6 Å². The fourth-order valence-electron chi connectivity index (χ4n) is 2.21. The molecule has 0 atom stereocenters. The summed E-state index contributed by atoms with van der Waals surface area (Å²) in [5.41, 5.74) is 1.05. The van der Waals surface area contributed by atoms with E-state index in [4.69, 9.17) is 16.3 Å². The Hall–Kier alpha value is -1.46. The fraction of sp³-hybridized carbons (Fsp3) is 0.500. The van der Waals surface area contributed by atoms with Crippen molar-refractivity contribution in [1.82, 2.24) is 9.80 Å². The van der Waals surface area contributed by atoms with E-state index >= 15 is 0 Å². The molecule has 1 aliphatic rings. The lowest BCUT2D eigenvalue weighted by molar-refractivity contribution is 0.0778. The molecule has 1 N–H and O–H groups in total. The number of halogens is 1. The third kappa shape index (κ3) is 3.77. The van der Waals surface area contributed by atoms with Crippen LogP contribution in [0.2, 0.25) is 5.02 Å². The van der Waals surface area contributed by atoms with Gasteiger partial charge in [0.2, 0.25) is 0 Å². The number of benzene rings is 1. The Morgan fingerprint density at radius 1 is 1.35 bits per heavy atom. The predicted molar refractivity (Wildman–Crippen MR) is 77.0 cm³/mol. The second-order valence-corrected chi connectivity index (χ2v) is 5.16. The van der Waals surface area contributed by atoms with Crippen LogP contribution in [0.3, 0.4) is 0 Å². The summed E-state index contributed by atoms with van der Waals surface area (Å²) in [7, 11) is 0. The van der Waals surface area contributed by atoms with E-state index in [-0.39, 0.29) is 11.8 Å². The molecular formula is C14H19ClN2O3. The van der Waals surface area contributed by atoms with Gasteiger partial charge in [0.25, 0.3) is 0 Å². The molecule has 0 unspecified atom stereocenters. The maximum atomic E-state index is 11.6. The van der Waals surface area contributed by atoms with Gasteiger partial charge in [0.05, 0.1) is 11.6 Å². The lowest BCUT2D eigenvalue weighted by Crippen LogP contribution is -2.48. The number of nitrogens with zero attached hydrogens (tertiary/aromatic N) is 2. The van der Waals surface area contributed by atoms with Crippen molar-refractivity contribution in [1.29, 1.82) is 0 Å². The summed E-state index contributed by atoms with van der Waals surface area (Å²) in [6.07, 6.45) is -0.236. The van der Waals surface area contributed by atoms with Crippen molar-refractivity contribution in [3.63, 3.8) is 0 Å². The average Bonchev–Trinajstić information content (AvgIpc) is 2.44. The lowest BCUT2D eigenvalue weighted by Gasteiger charge is -2.34. The maximum absolute atomic E-state index is 11.6. The zero-order valence-corrected chi connectivity index (χ0v) is 12.3. The number of rotatable bonds is 3. The molecule has 1 aromatic rings. The quantitative estimate of drug-likeness (QED) is 0.930. The maximum Gasteiger partial charge on any atom is 0.409 e. The number of amides is 1. The van der Waals surface area contributed by atoms with Gasteiger partial charge in [-0.3, -0.25) is 4.90 Å². The Morgan fingerprint density at radius 3 is 2.65 bits per heavy atom. The van der Waals surface area contributed by atoms with Crippen LogP contribution in [0, 0.1) is 0 Å². The topological polar surface area (TPSA) is 53.0 Å². The minimum atomic E-state index is -0.236. The largest absolute Gasteiger partial charge is 0.506 e. The Bertz CT molecular complexity index is 473. The smallest absolute Gasteiger partial charge is 0.409 e. The third-order valence-corrected chi connectivity index (χ3v) is 3.62. The van der Waals surface area contributed by atoms with E-state index in [9.17, 15) is 9.90 Å². The van der Waals surface area contributed by atoms with Gasteiger partial charge in [0.1, 0.15) is 5.75 Å². The first-order valence-corrected chi connectivity index (χ1v) is 7.09. The molecular weight excluding hydrogens is 280 g/mol. The number of ether oxygens (including phenoxy) is 1. The summed E-state index contributed by atoms with van der Waals surface area (Å²) in [5.74, 6) is 0.0996. The number of carbonyl (C=O) groups excluding carboxylic acids is 1. The number of piperazine rings is 1. The van der Waals surface area contributed by atoms with Crippen LogP contribution < -0.4 is 0 Å². The highest BCUT2D eigenvalue weighted by atomic mass is 35.5. The summed E-state index contributed by atoms with van der Waals surface area (Å²) in [6, 6.07) is 5.24. The van der Waals surface area contributed by atoms with Gasteiger partial charge in [-0.25, -0.2) is 4.79 Å². The van der Waals surface area contributed by atoms with Crippen molar-refractivity contribution in [3.8, 4) is 5.75 Å². The summed E-state index contributed by atoms with van der Waals surface area (Å²) in [4.78, 5) is 15.6. The highest BCUT2D eigenvalue weighted by Gasteiger charge is 2.21. The SMILES string of the molecule is CCOC(=O)N1CCN(Cc2ccc(O)c(Cl)c2)CC1. The first-order chi connectivity index (χ1) is 9.60. The van der Waals surface area contributed by atoms with Gasteiger partial charge in [-0.2, -0.15) is 0 Å². The molecule has 2 rings (SSSR count). The van der Waals surface area contributed by atoms with Crippen LogP contribution in [-0.4, -0.2) is 53.8 Å². The van der Waals surface area contributed by atoms with Crippen LogP contribution in [-0.2, 0) is 11.3 Å². The van der Waals surface area contributed by atoms with Gasteiger partial charge in [-0.05, 0) is 24.6 Å². The molecule has 1 heterocycles. The van der Waals surface area contributed by atoms with E-state index in [2.05, 4.69) is 4.90 Å². The minimum Gasteiger partial charge on any atom is -0.506 e. The summed E-state index contributed by atoms with van der Waals surface area (Å²) in [6.45, 7) is 5.92. The number of hydrogen-bond donors (Lipinski definition) is 1. The molecule has 110 valence electrons. The number of aromatic hydroxyl groups is 1. The molecule has 0 radical (unpaired) electrons. The average molecular weight is 299 g/mol. The molecule has 0 bridgehead atoms. The number of carbonyl (C=O) groups is 1. The van der Waals surface area contributed by atoms with E-state index in [1.54, 1.807) is 17.0 Å². The van der Waals surface area contributed by atoms with Crippen molar-refractivity contribution in [2.24, 2.45) is 0 Å². The molecule has 0 aromatic heterocycles. The van der Waals surface area contributed by atoms with Crippen molar-refractivity contribution in [2.45, 2.75) is 13.5 Å². The second kappa shape index (κ2) is 6.81. The molecule has 5 nitrogen and oxygen atoms in total. The number of phenols is 1. The van der Waals surface area contributed by atoms with Crippen LogP contribution in [0.5, 0.6) is 5.75 Å². The van der Waals surface area contributed by atoms with E-state index in [1.807, 2.05) is 13.0 Å². The first kappa shape index (κ1) is 14.9. The van der Waals surface area contributed by atoms with Crippen molar-refractivity contribution in [3.05, 3.63) is 28.8 Å². The second-order valence-electron chi connectivity index (χ2n) is 4.75. The molecule has 6 heteroatoms. The predicted octanol–water partition coefficient (Wildman–Crippen LogP) is 2.32. The normalized spacial score (nSPS) is 16.2. The van der Waals surface area contributed by atoms with Gasteiger partial charge in [0, 0.05) is 32.7 Å². The van der Waals surface area contributed by atoms with E-state index in [1.165, 1.54) is 0 Å². The van der Waals surface area contributed by atoms with E-state index in [0.717, 1.165) is 25.2 Å². The third-order valence-electron chi connectivity index (χ3n) is 3.32. The zero-order valence-electron chi connectivity index (χ0n) is 11.5. The highest BCUT2D eigenvalue weighted by molar-refractivity contribution is 6.32. The number of phenolic OH excluding ortho intramolecular Hbond substituents is 1. The zero-order chi connectivity index (χ0) is 14.5. The molecule has 1 fully saturated rings. The van der Waals surface area contributed by atoms with Crippen LogP contribution in [0.15, 0.2) is 18.2 Å². The Kier molecular flexibility index (Phi) is 5.09. The summed E-state index contributed by atoms with van der Waals surface area (Å²) >= 11 is 5.89. The van der Waals surface area contributed by atoms with E-state index < -0.39 is 0 Å². The Labute approximate surface area is 123 Å². The standard InChI is InChI=1S/C14H19ClN2O3/c1-2-20-14(19)17-7-5-16(6-8-17)10-11-3-4-13(18)12(15)9-11/h3-4,9,18H,2,5-8,10H2,1H3. The molecule has 0 saturated carbocycles. The van der Waals surface area contributed by atoms with Crippen LogP contribution in [0.25, 0.3) is 0 Å². The molecule has 1 aliphatic heterocycles. The van der Waals surface area contributed by atoms with Crippen LogP contribution >= 0.6 is 11.6 Å². The Balaban J connectivity index is 1.85. The molecule has 1 aromatic carbocycles. The fourth-order valence-corrected chi connectivity index (χ4v) is 2.41. The van der Waals surface area contributed by atoms with Crippen LogP contribution in [0.4, 0.5) is 4.79 Å². The first-order valence-electron chi connectivity index (χ1n) is 6.71. The van der Waals surface area contributed by atoms with Crippen molar-refractivity contribution >= 4 is 17.7 Å². The Morgan fingerprint density at radius 2 is 2.05 bits per heavy atom. The van der Waals surface area contributed by atoms with Gasteiger partial charge in [0.15, 0.2) is 0 Å². The minimum absolute atomic E-state index is 0.0996. The molecule has 0 spiro atoms.